The average molecular weight is 677 g/mol. The maximum Gasteiger partial charge on any atom is 0.408 e. The normalized spacial score (nSPS) is 21.2. The number of methoxy groups -OCH3 is 1. The summed E-state index contributed by atoms with van der Waals surface area (Å²) in [6.45, 7) is 14.3. The lowest BCUT2D eigenvalue weighted by Crippen LogP contribution is -2.58. The van der Waals surface area contributed by atoms with E-state index in [1.165, 1.54) is 10.5 Å². The quantitative estimate of drug-likeness (QED) is 0.176. The summed E-state index contributed by atoms with van der Waals surface area (Å²) >= 11 is 0. The van der Waals surface area contributed by atoms with Crippen LogP contribution in [-0.2, 0) is 27.0 Å². The number of aryl methyl sites for hydroxylation is 1. The number of ether oxygens (including phenoxy) is 1. The Bertz CT molecular complexity index is 1560. The number of hydrogen-bond donors (Lipinski definition) is 2. The van der Waals surface area contributed by atoms with Crippen LogP contribution in [0, 0.1) is 12.8 Å². The molecule has 2 amide bonds. The second kappa shape index (κ2) is 14.1. The molecule has 260 valence electrons. The lowest BCUT2D eigenvalue weighted by Gasteiger charge is -2.48. The van der Waals surface area contributed by atoms with Crippen molar-refractivity contribution >= 4 is 31.9 Å². The van der Waals surface area contributed by atoms with Crippen molar-refractivity contribution in [1.82, 2.24) is 9.80 Å². The van der Waals surface area contributed by atoms with Gasteiger partial charge < -0.3 is 24.3 Å². The van der Waals surface area contributed by atoms with Crippen molar-refractivity contribution in [2.45, 2.75) is 115 Å². The number of benzene rings is 2. The fourth-order valence-corrected chi connectivity index (χ4v) is 8.12. The topological polar surface area (TPSA) is 117 Å². The monoisotopic (exact) mass is 676 g/mol. The average Bonchev–Trinajstić information content (AvgIpc) is 3.86. The number of piperidine rings is 1. The molecule has 2 aromatic carbocycles. The van der Waals surface area contributed by atoms with Gasteiger partial charge in [-0.25, -0.2) is 4.79 Å². The van der Waals surface area contributed by atoms with Gasteiger partial charge in [0.05, 0.1) is 19.1 Å². The number of nitrogens with zero attached hydrogens (tertiary/aromatic N) is 2. The molecule has 1 saturated carbocycles. The molecule has 2 aliphatic heterocycles. The van der Waals surface area contributed by atoms with Crippen LogP contribution in [0.1, 0.15) is 81.5 Å². The Morgan fingerprint density at radius 3 is 2.29 bits per heavy atom. The number of aliphatic carboxylic acids is 1. The van der Waals surface area contributed by atoms with Crippen LogP contribution < -0.4 is 4.74 Å². The van der Waals surface area contributed by atoms with Gasteiger partial charge >= 0.3 is 12.1 Å². The predicted molar refractivity (Wildman–Crippen MR) is 189 cm³/mol. The Hall–Kier alpha value is -3.63. The molecule has 3 atom stereocenters. The van der Waals surface area contributed by atoms with Crippen LogP contribution in [0.5, 0.6) is 5.75 Å². The molecule has 0 unspecified atom stereocenters. The molecule has 2 N–H and O–H groups in total. The number of carbonyl (C=O) groups is 3. The van der Waals surface area contributed by atoms with Gasteiger partial charge in [-0.05, 0) is 104 Å². The van der Waals surface area contributed by atoms with Crippen molar-refractivity contribution in [1.29, 1.82) is 0 Å². The third-order valence-corrected chi connectivity index (χ3v) is 15.6. The van der Waals surface area contributed by atoms with E-state index < -0.39 is 38.4 Å². The number of carboxylic acid groups (broad SMARTS) is 2. The molecule has 9 nitrogen and oxygen atoms in total. The third-order valence-electron chi connectivity index (χ3n) is 11.1. The van der Waals surface area contributed by atoms with Crippen LogP contribution >= 0.6 is 0 Å². The van der Waals surface area contributed by atoms with E-state index in [1.807, 2.05) is 42.2 Å². The molecular formula is C38H52N2O7Si. The van der Waals surface area contributed by atoms with E-state index in [0.717, 1.165) is 53.7 Å². The smallest absolute Gasteiger partial charge is 0.408 e. The summed E-state index contributed by atoms with van der Waals surface area (Å²) in [5.41, 5.74) is 5.24. The van der Waals surface area contributed by atoms with Gasteiger partial charge in [0.15, 0.2) is 8.32 Å². The summed E-state index contributed by atoms with van der Waals surface area (Å²) < 4.78 is 11.9. The highest BCUT2D eigenvalue weighted by Gasteiger charge is 2.50. The lowest BCUT2D eigenvalue weighted by molar-refractivity contribution is -0.145. The van der Waals surface area contributed by atoms with E-state index in [0.29, 0.717) is 25.1 Å². The molecule has 2 bridgehead atoms. The Morgan fingerprint density at radius 2 is 1.71 bits per heavy atom. The lowest BCUT2D eigenvalue weighted by atomic mass is 9.73. The van der Waals surface area contributed by atoms with Crippen LogP contribution in [0.3, 0.4) is 0 Å². The zero-order chi connectivity index (χ0) is 35.0. The number of carbonyl (C=O) groups excluding carboxylic acids is 1. The van der Waals surface area contributed by atoms with Crippen LogP contribution in [-0.4, -0.2) is 78.1 Å². The number of carboxylic acids is 1. The highest BCUT2D eigenvalue weighted by molar-refractivity contribution is 6.74. The minimum atomic E-state index is -1.81. The molecular weight excluding hydrogens is 625 g/mol. The molecule has 10 heteroatoms. The second-order valence-corrected chi connectivity index (χ2v) is 20.1. The van der Waals surface area contributed by atoms with Gasteiger partial charge in [-0.15, -0.1) is 0 Å². The summed E-state index contributed by atoms with van der Waals surface area (Å²) in [6.07, 6.45) is 3.01. The van der Waals surface area contributed by atoms with Crippen LogP contribution in [0.15, 0.2) is 48.0 Å². The van der Waals surface area contributed by atoms with Crippen molar-refractivity contribution in [3.63, 3.8) is 0 Å². The fraction of sp³-hybridized carbons (Fsp3) is 0.553. The summed E-state index contributed by atoms with van der Waals surface area (Å²) in [4.78, 5) is 43.0. The number of hydrogen-bond acceptors (Lipinski definition) is 5. The molecule has 0 aromatic heterocycles. The van der Waals surface area contributed by atoms with E-state index in [1.54, 1.807) is 7.11 Å². The Morgan fingerprint density at radius 1 is 1.02 bits per heavy atom. The van der Waals surface area contributed by atoms with Crippen molar-refractivity contribution in [2.24, 2.45) is 5.92 Å². The van der Waals surface area contributed by atoms with Gasteiger partial charge in [-0.3, -0.25) is 14.5 Å². The molecule has 2 aromatic rings. The van der Waals surface area contributed by atoms with Gasteiger partial charge in [-0.1, -0.05) is 57.2 Å². The number of fused-ring (bicyclic) bond motifs is 2. The van der Waals surface area contributed by atoms with Crippen molar-refractivity contribution < 1.29 is 33.8 Å². The molecule has 1 aliphatic carbocycles. The van der Waals surface area contributed by atoms with E-state index >= 15 is 0 Å². The molecule has 2 heterocycles. The highest BCUT2D eigenvalue weighted by Crippen LogP contribution is 2.45. The predicted octanol–water partition coefficient (Wildman–Crippen LogP) is 7.52. The standard InChI is InChI=1S/C38H52N2O7Si/c1-24-27(11-8-12-33(24)46-5)23-39(29-17-18-29)35(41)34-31(22-30-20-28(36(42)43)21-32(34)40(30)37(44)45)26-15-13-25(14-16-26)10-9-19-47-48(6,7)38(2,3)4/h8,11-16,28-30,32H,9-10,17-23H2,1-7H3,(H,42,43)(H,44,45)/t28-,30-,32+/m1/s1. The minimum absolute atomic E-state index is 0.0441. The maximum atomic E-state index is 14.8. The van der Waals surface area contributed by atoms with E-state index in [2.05, 4.69) is 46.0 Å². The number of amides is 2. The van der Waals surface area contributed by atoms with Crippen LogP contribution in [0.2, 0.25) is 18.1 Å². The fourth-order valence-electron chi connectivity index (χ4n) is 7.03. The molecule has 0 radical (unpaired) electrons. The largest absolute Gasteiger partial charge is 0.496 e. The maximum absolute atomic E-state index is 14.8. The molecule has 0 spiro atoms. The van der Waals surface area contributed by atoms with Crippen molar-refractivity contribution in [2.75, 3.05) is 13.7 Å². The molecule has 5 rings (SSSR count). The Balaban J connectivity index is 1.48. The van der Waals surface area contributed by atoms with E-state index in [-0.39, 0.29) is 29.8 Å². The van der Waals surface area contributed by atoms with Gasteiger partial charge in [0.2, 0.25) is 0 Å². The first kappa shape index (κ1) is 35.7. The Labute approximate surface area is 286 Å². The first-order valence-corrected chi connectivity index (χ1v) is 20.2. The zero-order valence-corrected chi connectivity index (χ0v) is 30.5. The SMILES string of the molecule is COc1cccc(CN(C(=O)C2=C(c3ccc(CCCO[Si](C)(C)C(C)(C)C)cc3)C[C@H]3C[C@@H](C(=O)O)C[C@@H]2N3C(=O)O)C2CC2)c1C. The van der Waals surface area contributed by atoms with Crippen molar-refractivity contribution in [3.05, 3.63) is 70.3 Å². The molecule has 48 heavy (non-hydrogen) atoms. The summed E-state index contributed by atoms with van der Waals surface area (Å²) in [6, 6.07) is 12.8. The molecule has 3 aliphatic rings. The Kier molecular flexibility index (Phi) is 10.5. The number of rotatable bonds is 12. The van der Waals surface area contributed by atoms with Gasteiger partial charge in [0.25, 0.3) is 5.91 Å². The summed E-state index contributed by atoms with van der Waals surface area (Å²) in [5, 5.41) is 20.5. The van der Waals surface area contributed by atoms with Gasteiger partial charge in [-0.2, -0.15) is 0 Å². The zero-order valence-electron chi connectivity index (χ0n) is 29.5. The van der Waals surface area contributed by atoms with Crippen LogP contribution in [0.4, 0.5) is 4.79 Å². The van der Waals surface area contributed by atoms with Gasteiger partial charge in [0.1, 0.15) is 5.75 Å². The second-order valence-electron chi connectivity index (χ2n) is 15.3. The van der Waals surface area contributed by atoms with E-state index in [4.69, 9.17) is 9.16 Å². The van der Waals surface area contributed by atoms with Crippen molar-refractivity contribution in [3.8, 4) is 5.75 Å². The summed E-state index contributed by atoms with van der Waals surface area (Å²) in [5.74, 6) is -1.12. The first-order chi connectivity index (χ1) is 22.6. The highest BCUT2D eigenvalue weighted by atomic mass is 28.4. The summed E-state index contributed by atoms with van der Waals surface area (Å²) in [7, 11) is -0.180. The molecule has 2 fully saturated rings. The van der Waals surface area contributed by atoms with Gasteiger partial charge in [0, 0.05) is 30.8 Å². The van der Waals surface area contributed by atoms with Crippen LogP contribution in [0.25, 0.3) is 5.57 Å². The first-order valence-electron chi connectivity index (χ1n) is 17.3. The third kappa shape index (κ3) is 7.49. The van der Waals surface area contributed by atoms with E-state index in [9.17, 15) is 24.6 Å². The molecule has 1 saturated heterocycles. The minimum Gasteiger partial charge on any atom is -0.496 e.